The first-order valence-corrected chi connectivity index (χ1v) is 7.85. The fraction of sp³-hybridized carbons (Fsp3) is 0.316. The van der Waals surface area contributed by atoms with Crippen molar-refractivity contribution in [3.63, 3.8) is 0 Å². The molecule has 0 aliphatic heterocycles. The Kier molecular flexibility index (Phi) is 8.77. The highest BCUT2D eigenvalue weighted by Crippen LogP contribution is 2.16. The van der Waals surface area contributed by atoms with E-state index < -0.39 is 18.2 Å². The molecule has 0 radical (unpaired) electrons. The van der Waals surface area contributed by atoms with Crippen molar-refractivity contribution in [3.8, 4) is 0 Å². The first-order valence-electron chi connectivity index (χ1n) is 7.85. The van der Waals surface area contributed by atoms with Crippen LogP contribution in [0, 0.1) is 5.82 Å². The highest BCUT2D eigenvalue weighted by Gasteiger charge is 2.14. The Hall–Kier alpha value is -2.28. The highest BCUT2D eigenvalue weighted by atomic mass is 19.1. The Morgan fingerprint density at radius 3 is 2.04 bits per heavy atom. The first kappa shape index (κ1) is 20.8. The van der Waals surface area contributed by atoms with Gasteiger partial charge in [0.2, 0.25) is 0 Å². The zero-order valence-electron chi connectivity index (χ0n) is 14.3. The molecule has 2 aromatic rings. The molecule has 0 saturated heterocycles. The summed E-state index contributed by atoms with van der Waals surface area (Å²) in [6.07, 6.45) is -1.24. The summed E-state index contributed by atoms with van der Waals surface area (Å²) in [5.41, 5.74) is 1.17. The number of aliphatic carboxylic acids is 1. The van der Waals surface area contributed by atoms with Gasteiger partial charge < -0.3 is 20.2 Å². The molecule has 0 spiro atoms. The molecule has 2 atom stereocenters. The van der Waals surface area contributed by atoms with E-state index >= 15 is 0 Å². The Morgan fingerprint density at radius 2 is 1.56 bits per heavy atom. The van der Waals surface area contributed by atoms with Crippen LogP contribution in [0.4, 0.5) is 4.39 Å². The van der Waals surface area contributed by atoms with E-state index in [1.807, 2.05) is 19.0 Å². The van der Waals surface area contributed by atoms with Gasteiger partial charge in [-0.3, -0.25) is 0 Å². The van der Waals surface area contributed by atoms with E-state index in [1.165, 1.54) is 12.1 Å². The van der Waals surface area contributed by atoms with Crippen LogP contribution < -0.4 is 0 Å². The number of nitrogens with zero attached hydrogens (tertiary/aromatic N) is 1. The van der Waals surface area contributed by atoms with Crippen LogP contribution in [0.1, 0.15) is 29.8 Å². The summed E-state index contributed by atoms with van der Waals surface area (Å²) in [6, 6.07) is 14.2. The van der Waals surface area contributed by atoms with E-state index in [0.29, 0.717) is 12.0 Å². The van der Waals surface area contributed by atoms with Gasteiger partial charge >= 0.3 is 5.97 Å². The van der Waals surface area contributed by atoms with Crippen molar-refractivity contribution in [1.82, 2.24) is 4.90 Å². The van der Waals surface area contributed by atoms with Gasteiger partial charge in [0.05, 0.1) is 6.10 Å². The SMILES string of the molecule is CN(C)CC[C@@H](O)c1ccc(F)cc1.O=C(O)[C@H](O)c1ccccc1. The summed E-state index contributed by atoms with van der Waals surface area (Å²) in [5.74, 6) is -1.50. The highest BCUT2D eigenvalue weighted by molar-refractivity contribution is 5.73. The number of aliphatic hydroxyl groups is 2. The number of rotatable bonds is 6. The predicted molar refractivity (Wildman–Crippen MR) is 93.6 cm³/mol. The standard InChI is InChI=1S/C11H16FNO.C8H8O3/c1-13(2)8-7-11(14)9-3-5-10(12)6-4-9;9-7(8(10)11)6-4-2-1-3-5-6/h3-6,11,14H,7-8H2,1-2H3;1-5,7,9H,(H,10,11)/t11-;7-/m11/s1. The molecule has 136 valence electrons. The van der Waals surface area contributed by atoms with Crippen LogP contribution in [0.3, 0.4) is 0 Å². The van der Waals surface area contributed by atoms with Crippen molar-refractivity contribution in [2.24, 2.45) is 0 Å². The lowest BCUT2D eigenvalue weighted by Gasteiger charge is -2.14. The van der Waals surface area contributed by atoms with E-state index in [4.69, 9.17) is 10.2 Å². The summed E-state index contributed by atoms with van der Waals surface area (Å²) in [6.45, 7) is 0.818. The molecular weight excluding hydrogens is 325 g/mol. The second-order valence-electron chi connectivity index (χ2n) is 5.81. The molecule has 0 aliphatic rings. The molecule has 0 fully saturated rings. The zero-order valence-corrected chi connectivity index (χ0v) is 14.3. The van der Waals surface area contributed by atoms with E-state index in [-0.39, 0.29) is 5.82 Å². The van der Waals surface area contributed by atoms with Gasteiger partial charge in [-0.15, -0.1) is 0 Å². The molecule has 0 saturated carbocycles. The van der Waals surface area contributed by atoms with Crippen molar-refractivity contribution >= 4 is 5.97 Å². The Balaban J connectivity index is 0.000000257. The molecule has 0 aliphatic carbocycles. The zero-order chi connectivity index (χ0) is 18.8. The summed E-state index contributed by atoms with van der Waals surface area (Å²) in [4.78, 5) is 12.3. The third-order valence-electron chi connectivity index (χ3n) is 3.45. The van der Waals surface area contributed by atoms with E-state index in [1.54, 1.807) is 42.5 Å². The number of carboxylic acid groups (broad SMARTS) is 1. The molecule has 0 heterocycles. The van der Waals surface area contributed by atoms with Crippen LogP contribution in [-0.2, 0) is 4.79 Å². The van der Waals surface area contributed by atoms with Crippen LogP contribution in [0.5, 0.6) is 0 Å². The number of benzene rings is 2. The Morgan fingerprint density at radius 1 is 1.00 bits per heavy atom. The first-order chi connectivity index (χ1) is 11.8. The smallest absolute Gasteiger partial charge is 0.337 e. The number of hydrogen-bond acceptors (Lipinski definition) is 4. The molecular formula is C19H24FNO4. The minimum atomic E-state index is -1.41. The number of aliphatic hydroxyl groups excluding tert-OH is 2. The Labute approximate surface area is 147 Å². The number of carboxylic acids is 1. The molecule has 0 amide bonds. The van der Waals surface area contributed by atoms with E-state index in [9.17, 15) is 14.3 Å². The molecule has 0 aromatic heterocycles. The van der Waals surface area contributed by atoms with Gasteiger partial charge in [-0.05, 0) is 43.8 Å². The quantitative estimate of drug-likeness (QED) is 0.747. The van der Waals surface area contributed by atoms with E-state index in [2.05, 4.69) is 0 Å². The second-order valence-corrected chi connectivity index (χ2v) is 5.81. The number of hydrogen-bond donors (Lipinski definition) is 3. The molecule has 5 nitrogen and oxygen atoms in total. The van der Waals surface area contributed by atoms with Gasteiger partial charge in [-0.1, -0.05) is 42.5 Å². The van der Waals surface area contributed by atoms with E-state index in [0.717, 1.165) is 12.1 Å². The van der Waals surface area contributed by atoms with Gasteiger partial charge in [0.25, 0.3) is 0 Å². The minimum Gasteiger partial charge on any atom is -0.479 e. The van der Waals surface area contributed by atoms with Gasteiger partial charge in [-0.2, -0.15) is 0 Å². The van der Waals surface area contributed by atoms with Crippen molar-refractivity contribution in [3.05, 3.63) is 71.5 Å². The third kappa shape index (κ3) is 7.89. The van der Waals surface area contributed by atoms with Gasteiger partial charge in [0, 0.05) is 6.54 Å². The average Bonchev–Trinajstić information content (AvgIpc) is 2.60. The maximum atomic E-state index is 12.6. The van der Waals surface area contributed by atoms with Crippen LogP contribution in [0.2, 0.25) is 0 Å². The van der Waals surface area contributed by atoms with Gasteiger partial charge in [0.15, 0.2) is 6.10 Å². The number of carbonyl (C=O) groups is 1. The van der Waals surface area contributed by atoms with Crippen molar-refractivity contribution < 1.29 is 24.5 Å². The van der Waals surface area contributed by atoms with Crippen LogP contribution >= 0.6 is 0 Å². The van der Waals surface area contributed by atoms with Gasteiger partial charge in [0.1, 0.15) is 5.82 Å². The largest absolute Gasteiger partial charge is 0.479 e. The molecule has 25 heavy (non-hydrogen) atoms. The lowest BCUT2D eigenvalue weighted by Crippen LogP contribution is -2.15. The minimum absolute atomic E-state index is 0.270. The average molecular weight is 349 g/mol. The third-order valence-corrected chi connectivity index (χ3v) is 3.45. The van der Waals surface area contributed by atoms with Crippen LogP contribution in [0.15, 0.2) is 54.6 Å². The lowest BCUT2D eigenvalue weighted by atomic mass is 10.1. The van der Waals surface area contributed by atoms with Crippen molar-refractivity contribution in [2.45, 2.75) is 18.6 Å². The normalized spacial score (nSPS) is 12.9. The van der Waals surface area contributed by atoms with Crippen LogP contribution in [-0.4, -0.2) is 46.8 Å². The topological polar surface area (TPSA) is 81.0 Å². The van der Waals surface area contributed by atoms with Crippen molar-refractivity contribution in [1.29, 1.82) is 0 Å². The fourth-order valence-electron chi connectivity index (χ4n) is 2.01. The summed E-state index contributed by atoms with van der Waals surface area (Å²) >= 11 is 0. The summed E-state index contributed by atoms with van der Waals surface area (Å²) < 4.78 is 12.6. The second kappa shape index (κ2) is 10.6. The maximum Gasteiger partial charge on any atom is 0.337 e. The molecule has 2 rings (SSSR count). The monoisotopic (exact) mass is 349 g/mol. The molecule has 3 N–H and O–H groups in total. The summed E-state index contributed by atoms with van der Waals surface area (Å²) in [5, 5.41) is 27.1. The summed E-state index contributed by atoms with van der Waals surface area (Å²) in [7, 11) is 3.91. The maximum absolute atomic E-state index is 12.6. The molecule has 6 heteroatoms. The Bertz CT molecular complexity index is 632. The van der Waals surface area contributed by atoms with Crippen LogP contribution in [0.25, 0.3) is 0 Å². The molecule has 0 unspecified atom stereocenters. The number of halogens is 1. The lowest BCUT2D eigenvalue weighted by molar-refractivity contribution is -0.146. The fourth-order valence-corrected chi connectivity index (χ4v) is 2.01. The van der Waals surface area contributed by atoms with Crippen molar-refractivity contribution in [2.75, 3.05) is 20.6 Å². The van der Waals surface area contributed by atoms with Gasteiger partial charge in [-0.25, -0.2) is 9.18 Å². The predicted octanol–water partition coefficient (Wildman–Crippen LogP) is 2.62. The molecule has 0 bridgehead atoms. The molecule has 2 aromatic carbocycles.